The van der Waals surface area contributed by atoms with E-state index in [1.54, 1.807) is 0 Å². The molecular formula is C12H15N3O3S. The van der Waals surface area contributed by atoms with Crippen LogP contribution in [-0.2, 0) is 29.2 Å². The van der Waals surface area contributed by atoms with Crippen LogP contribution in [0.1, 0.15) is 30.2 Å². The van der Waals surface area contributed by atoms with Gasteiger partial charge in [0.05, 0.1) is 11.9 Å². The number of fused-ring (bicyclic) bond motifs is 1. The van der Waals surface area contributed by atoms with E-state index >= 15 is 0 Å². The van der Waals surface area contributed by atoms with E-state index in [0.29, 0.717) is 12.4 Å². The number of sulfone groups is 1. The van der Waals surface area contributed by atoms with Crippen LogP contribution in [0.5, 0.6) is 0 Å². The Morgan fingerprint density at radius 1 is 1.37 bits per heavy atom. The molecule has 0 amide bonds. The minimum Gasteiger partial charge on any atom is -0.443 e. The molecule has 2 aromatic rings. The second-order valence-corrected chi connectivity index (χ2v) is 6.85. The second-order valence-electron chi connectivity index (χ2n) is 4.83. The minimum atomic E-state index is -3.21. The molecule has 0 radical (unpaired) electrons. The Bertz CT molecular complexity index is 676. The molecule has 0 atom stereocenters. The lowest BCUT2D eigenvalue weighted by atomic mass is 10.0. The lowest BCUT2D eigenvalue weighted by Crippen LogP contribution is -2.01. The zero-order valence-corrected chi connectivity index (χ0v) is 11.5. The zero-order valence-electron chi connectivity index (χ0n) is 10.7. The Labute approximate surface area is 111 Å². The van der Waals surface area contributed by atoms with Crippen molar-refractivity contribution in [2.45, 2.75) is 37.1 Å². The van der Waals surface area contributed by atoms with Gasteiger partial charge in [0, 0.05) is 18.9 Å². The number of hydrogen-bond acceptors (Lipinski definition) is 5. The predicted octanol–water partition coefficient (Wildman–Crippen LogP) is 1.20. The van der Waals surface area contributed by atoms with Crippen molar-refractivity contribution in [3.8, 4) is 0 Å². The highest BCUT2D eigenvalue weighted by Gasteiger charge is 2.17. The summed E-state index contributed by atoms with van der Waals surface area (Å²) in [6, 6.07) is 0. The summed E-state index contributed by atoms with van der Waals surface area (Å²) in [4.78, 5) is 4.65. The van der Waals surface area contributed by atoms with Gasteiger partial charge in [-0.2, -0.15) is 5.10 Å². The summed E-state index contributed by atoms with van der Waals surface area (Å²) < 4.78 is 29.9. The maximum Gasteiger partial charge on any atom is 0.216 e. The van der Waals surface area contributed by atoms with E-state index < -0.39 is 9.84 Å². The smallest absolute Gasteiger partial charge is 0.216 e. The molecule has 0 fully saturated rings. The Balaban J connectivity index is 1.81. The van der Waals surface area contributed by atoms with Crippen molar-refractivity contribution in [3.63, 3.8) is 0 Å². The molecule has 1 aliphatic rings. The maximum atomic E-state index is 11.4. The topological polar surface area (TPSA) is 78.0 Å². The molecule has 2 heterocycles. The van der Waals surface area contributed by atoms with Crippen LogP contribution in [-0.4, -0.2) is 29.4 Å². The predicted molar refractivity (Wildman–Crippen MR) is 67.6 cm³/mol. The maximum absolute atomic E-state index is 11.4. The Morgan fingerprint density at radius 2 is 2.16 bits per heavy atom. The minimum absolute atomic E-state index is 0.212. The van der Waals surface area contributed by atoms with Gasteiger partial charge in [-0.15, -0.1) is 0 Å². The molecular weight excluding hydrogens is 266 g/mol. The van der Waals surface area contributed by atoms with Gasteiger partial charge in [-0.3, -0.25) is 4.68 Å². The lowest BCUT2D eigenvalue weighted by molar-refractivity contribution is 0.422. The summed E-state index contributed by atoms with van der Waals surface area (Å²) in [5, 5.41) is 4.02. The fourth-order valence-corrected chi connectivity index (χ4v) is 2.79. The van der Waals surface area contributed by atoms with Crippen LogP contribution < -0.4 is 0 Å². The summed E-state index contributed by atoms with van der Waals surface area (Å²) in [5.41, 5.74) is 1.04. The molecule has 3 rings (SSSR count). The van der Waals surface area contributed by atoms with Crippen LogP contribution in [0, 0.1) is 0 Å². The van der Waals surface area contributed by atoms with E-state index in [1.165, 1.54) is 17.1 Å². The molecule has 7 heteroatoms. The van der Waals surface area contributed by atoms with Crippen LogP contribution in [0.25, 0.3) is 0 Å². The zero-order chi connectivity index (χ0) is 13.5. The molecule has 0 saturated carbocycles. The average Bonchev–Trinajstić information content (AvgIpc) is 2.94. The summed E-state index contributed by atoms with van der Waals surface area (Å²) >= 11 is 0. The summed E-state index contributed by atoms with van der Waals surface area (Å²) in [6.07, 6.45) is 8.21. The van der Waals surface area contributed by atoms with Crippen molar-refractivity contribution >= 4 is 9.84 Å². The number of nitrogens with zero attached hydrogens (tertiary/aromatic N) is 3. The van der Waals surface area contributed by atoms with Crippen LogP contribution in [0.15, 0.2) is 21.7 Å². The van der Waals surface area contributed by atoms with Gasteiger partial charge in [0.25, 0.3) is 0 Å². The molecule has 0 bridgehead atoms. The van der Waals surface area contributed by atoms with E-state index in [2.05, 4.69) is 10.1 Å². The van der Waals surface area contributed by atoms with Gasteiger partial charge in [-0.25, -0.2) is 13.4 Å². The molecule has 19 heavy (non-hydrogen) atoms. The van der Waals surface area contributed by atoms with Crippen LogP contribution in [0.3, 0.4) is 0 Å². The van der Waals surface area contributed by atoms with E-state index in [1.807, 2.05) is 0 Å². The Hall–Kier alpha value is -1.63. The van der Waals surface area contributed by atoms with Gasteiger partial charge < -0.3 is 4.42 Å². The molecule has 6 nitrogen and oxygen atoms in total. The fourth-order valence-electron chi connectivity index (χ4n) is 2.23. The van der Waals surface area contributed by atoms with Gasteiger partial charge in [0.1, 0.15) is 17.2 Å². The molecule has 0 N–H and O–H groups in total. The number of aromatic nitrogens is 3. The fraction of sp³-hybridized carbons (Fsp3) is 0.500. The van der Waals surface area contributed by atoms with Gasteiger partial charge in [0.2, 0.25) is 5.89 Å². The van der Waals surface area contributed by atoms with E-state index in [0.717, 1.165) is 43.4 Å². The molecule has 0 unspecified atom stereocenters. The standard InChI is InChI=1S/C12H15N3O3S/c1-19(16,17)9-6-13-15(7-9)8-12-14-10-4-2-3-5-11(10)18-12/h6-7H,2-5,8H2,1H3. The molecule has 0 saturated heterocycles. The van der Waals surface area contributed by atoms with E-state index in [-0.39, 0.29) is 4.90 Å². The molecule has 1 aliphatic carbocycles. The highest BCUT2D eigenvalue weighted by molar-refractivity contribution is 7.90. The van der Waals surface area contributed by atoms with E-state index in [9.17, 15) is 8.42 Å². The van der Waals surface area contributed by atoms with Crippen molar-refractivity contribution in [2.75, 3.05) is 6.26 Å². The number of rotatable bonds is 3. The highest BCUT2D eigenvalue weighted by Crippen LogP contribution is 2.22. The summed E-state index contributed by atoms with van der Waals surface area (Å²) in [7, 11) is -3.21. The lowest BCUT2D eigenvalue weighted by Gasteiger charge is -2.05. The third-order valence-electron chi connectivity index (χ3n) is 3.22. The molecule has 0 aliphatic heterocycles. The van der Waals surface area contributed by atoms with Crippen molar-refractivity contribution in [2.24, 2.45) is 0 Å². The first-order chi connectivity index (χ1) is 9.02. The van der Waals surface area contributed by atoms with Gasteiger partial charge >= 0.3 is 0 Å². The number of hydrogen-bond donors (Lipinski definition) is 0. The van der Waals surface area contributed by atoms with Crippen LogP contribution in [0.2, 0.25) is 0 Å². The number of oxazole rings is 1. The van der Waals surface area contributed by atoms with Gasteiger partial charge in [-0.1, -0.05) is 0 Å². The molecule has 0 spiro atoms. The SMILES string of the molecule is CS(=O)(=O)c1cnn(Cc2nc3c(o2)CCCC3)c1. The van der Waals surface area contributed by atoms with Crippen molar-refractivity contribution < 1.29 is 12.8 Å². The Kier molecular flexibility index (Phi) is 2.93. The van der Waals surface area contributed by atoms with Gasteiger partial charge in [0.15, 0.2) is 9.84 Å². The highest BCUT2D eigenvalue weighted by atomic mass is 32.2. The molecule has 0 aromatic carbocycles. The summed E-state index contributed by atoms with van der Waals surface area (Å²) in [5.74, 6) is 1.56. The molecule has 2 aromatic heterocycles. The van der Waals surface area contributed by atoms with Gasteiger partial charge in [-0.05, 0) is 19.3 Å². The summed E-state index contributed by atoms with van der Waals surface area (Å²) in [6.45, 7) is 0.364. The first kappa shape index (κ1) is 12.4. The molecule has 102 valence electrons. The third kappa shape index (κ3) is 2.56. The van der Waals surface area contributed by atoms with Crippen molar-refractivity contribution in [3.05, 3.63) is 29.7 Å². The normalized spacial score (nSPS) is 15.4. The van der Waals surface area contributed by atoms with E-state index in [4.69, 9.17) is 4.42 Å². The first-order valence-electron chi connectivity index (χ1n) is 6.22. The second kappa shape index (κ2) is 4.48. The number of aryl methyl sites for hydroxylation is 2. The quantitative estimate of drug-likeness (QED) is 0.844. The van der Waals surface area contributed by atoms with Crippen LogP contribution in [0.4, 0.5) is 0 Å². The average molecular weight is 281 g/mol. The Morgan fingerprint density at radius 3 is 2.84 bits per heavy atom. The largest absolute Gasteiger partial charge is 0.443 e. The first-order valence-corrected chi connectivity index (χ1v) is 8.11. The van der Waals surface area contributed by atoms with Crippen LogP contribution >= 0.6 is 0 Å². The monoisotopic (exact) mass is 281 g/mol. The van der Waals surface area contributed by atoms with Crippen molar-refractivity contribution in [1.82, 2.24) is 14.8 Å². The third-order valence-corrected chi connectivity index (χ3v) is 4.29. The van der Waals surface area contributed by atoms with Crippen molar-refractivity contribution in [1.29, 1.82) is 0 Å².